The Kier molecular flexibility index (Phi) is 4.55. The first kappa shape index (κ1) is 14.3. The van der Waals surface area contributed by atoms with Crippen molar-refractivity contribution >= 4 is 23.3 Å². The number of rotatable bonds is 4. The number of carbonyl (C=O) groups excluding carboxylic acids is 1. The summed E-state index contributed by atoms with van der Waals surface area (Å²) >= 11 is 5.84. The van der Waals surface area contributed by atoms with Crippen molar-refractivity contribution in [2.24, 2.45) is 5.84 Å². The average molecular weight is 291 g/mol. The second kappa shape index (κ2) is 6.36. The number of amides is 1. The van der Waals surface area contributed by atoms with Crippen molar-refractivity contribution in [3.05, 3.63) is 58.7 Å². The first-order valence-corrected chi connectivity index (χ1v) is 6.48. The molecule has 1 aromatic heterocycles. The normalized spacial score (nSPS) is 11.8. The first-order chi connectivity index (χ1) is 9.60. The van der Waals surface area contributed by atoms with Gasteiger partial charge in [-0.3, -0.25) is 4.79 Å². The highest BCUT2D eigenvalue weighted by Crippen LogP contribution is 2.16. The van der Waals surface area contributed by atoms with Gasteiger partial charge in [-0.2, -0.15) is 0 Å². The van der Waals surface area contributed by atoms with Gasteiger partial charge in [-0.15, -0.1) is 0 Å². The van der Waals surface area contributed by atoms with Gasteiger partial charge in [0.2, 0.25) is 0 Å². The topological polar surface area (TPSA) is 80.0 Å². The lowest BCUT2D eigenvalue weighted by Crippen LogP contribution is -2.27. The highest BCUT2D eigenvalue weighted by Gasteiger charge is 2.13. The minimum atomic E-state index is -0.234. The van der Waals surface area contributed by atoms with Crippen molar-refractivity contribution in [3.8, 4) is 0 Å². The molecule has 4 N–H and O–H groups in total. The molecule has 1 atom stereocenters. The van der Waals surface area contributed by atoms with Crippen LogP contribution in [-0.2, 0) is 0 Å². The molecule has 2 rings (SSSR count). The van der Waals surface area contributed by atoms with Crippen molar-refractivity contribution in [3.63, 3.8) is 0 Å². The Labute approximate surface area is 122 Å². The van der Waals surface area contributed by atoms with E-state index in [-0.39, 0.29) is 17.1 Å². The molecule has 0 aliphatic heterocycles. The van der Waals surface area contributed by atoms with Gasteiger partial charge in [0.25, 0.3) is 5.91 Å². The summed E-state index contributed by atoms with van der Waals surface area (Å²) in [6, 6.07) is 12.6. The molecule has 0 bridgehead atoms. The summed E-state index contributed by atoms with van der Waals surface area (Å²) < 4.78 is 0. The van der Waals surface area contributed by atoms with E-state index >= 15 is 0 Å². The third-order valence-corrected chi connectivity index (χ3v) is 3.04. The quantitative estimate of drug-likeness (QED) is 0.459. The number of hydrogen-bond acceptors (Lipinski definition) is 4. The van der Waals surface area contributed by atoms with E-state index in [9.17, 15) is 4.79 Å². The Morgan fingerprint density at radius 2 is 2.00 bits per heavy atom. The van der Waals surface area contributed by atoms with Crippen molar-refractivity contribution in [2.75, 3.05) is 5.43 Å². The molecular weight excluding hydrogens is 276 g/mol. The van der Waals surface area contributed by atoms with Crippen LogP contribution >= 0.6 is 11.6 Å². The number of pyridine rings is 1. The highest BCUT2D eigenvalue weighted by molar-refractivity contribution is 6.29. The Bertz CT molecular complexity index is 603. The number of nitrogens with one attached hydrogen (secondary N) is 2. The van der Waals surface area contributed by atoms with E-state index < -0.39 is 0 Å². The number of nitrogens with two attached hydrogens (primary N) is 1. The summed E-state index contributed by atoms with van der Waals surface area (Å²) in [6.45, 7) is 1.91. The number of aromatic nitrogens is 1. The number of hydrogen-bond donors (Lipinski definition) is 3. The molecule has 0 aliphatic carbocycles. The first-order valence-electron chi connectivity index (χ1n) is 6.10. The number of benzene rings is 1. The Balaban J connectivity index is 2.14. The number of halogens is 1. The Morgan fingerprint density at radius 3 is 2.65 bits per heavy atom. The molecule has 0 aliphatic rings. The summed E-state index contributed by atoms with van der Waals surface area (Å²) in [5.74, 6) is 5.39. The van der Waals surface area contributed by atoms with Crippen molar-refractivity contribution in [1.29, 1.82) is 0 Å². The number of anilines is 1. The second-order valence-electron chi connectivity index (χ2n) is 4.31. The number of nitrogen functional groups attached to an aromatic ring is 1. The minimum Gasteiger partial charge on any atom is -0.346 e. The predicted molar refractivity (Wildman–Crippen MR) is 79.4 cm³/mol. The van der Waals surface area contributed by atoms with Gasteiger partial charge in [0.05, 0.1) is 6.04 Å². The average Bonchev–Trinajstić information content (AvgIpc) is 2.47. The summed E-state index contributed by atoms with van der Waals surface area (Å²) in [6.07, 6.45) is 0. The van der Waals surface area contributed by atoms with Gasteiger partial charge in [-0.25, -0.2) is 10.8 Å². The van der Waals surface area contributed by atoms with Crippen LogP contribution in [0.1, 0.15) is 28.9 Å². The van der Waals surface area contributed by atoms with Crippen LogP contribution in [-0.4, -0.2) is 10.9 Å². The van der Waals surface area contributed by atoms with Gasteiger partial charge >= 0.3 is 0 Å². The Hall–Kier alpha value is -2.11. The van der Waals surface area contributed by atoms with Crippen LogP contribution in [0.15, 0.2) is 42.5 Å². The molecule has 0 fully saturated rings. The van der Waals surface area contributed by atoms with Gasteiger partial charge in [0, 0.05) is 5.56 Å². The lowest BCUT2D eigenvalue weighted by Gasteiger charge is -2.14. The van der Waals surface area contributed by atoms with Crippen LogP contribution in [0.3, 0.4) is 0 Å². The number of carbonyl (C=O) groups is 1. The standard InChI is InChI=1S/C14H15ClN4O/c1-9(10-5-3-2-4-6-10)17-14(20)11-7-12(15)18-13(8-11)19-16/h2-9H,16H2,1H3,(H,17,20)(H,18,19). The van der Waals surface area contributed by atoms with Crippen LogP contribution in [0, 0.1) is 0 Å². The number of hydrazine groups is 1. The summed E-state index contributed by atoms with van der Waals surface area (Å²) in [7, 11) is 0. The molecule has 2 aromatic rings. The third kappa shape index (κ3) is 3.46. The van der Waals surface area contributed by atoms with Crippen molar-refractivity contribution in [1.82, 2.24) is 10.3 Å². The lowest BCUT2D eigenvalue weighted by atomic mass is 10.1. The van der Waals surface area contributed by atoms with E-state index in [1.165, 1.54) is 6.07 Å². The van der Waals surface area contributed by atoms with Crippen LogP contribution in [0.4, 0.5) is 5.82 Å². The van der Waals surface area contributed by atoms with E-state index in [4.69, 9.17) is 17.4 Å². The predicted octanol–water partition coefficient (Wildman–Crippen LogP) is 2.51. The van der Waals surface area contributed by atoms with E-state index in [0.717, 1.165) is 5.56 Å². The fourth-order valence-electron chi connectivity index (χ4n) is 1.81. The molecule has 1 amide bonds. The third-order valence-electron chi connectivity index (χ3n) is 2.85. The lowest BCUT2D eigenvalue weighted by molar-refractivity contribution is 0.0940. The molecule has 1 aromatic carbocycles. The van der Waals surface area contributed by atoms with Crippen LogP contribution in [0.2, 0.25) is 5.15 Å². The molecule has 0 saturated carbocycles. The van der Waals surface area contributed by atoms with Gasteiger partial charge in [0.15, 0.2) is 0 Å². The van der Waals surface area contributed by atoms with E-state index in [0.29, 0.717) is 11.4 Å². The molecule has 1 heterocycles. The number of nitrogens with zero attached hydrogens (tertiary/aromatic N) is 1. The van der Waals surface area contributed by atoms with Crippen molar-refractivity contribution in [2.45, 2.75) is 13.0 Å². The molecule has 1 unspecified atom stereocenters. The smallest absolute Gasteiger partial charge is 0.251 e. The maximum Gasteiger partial charge on any atom is 0.251 e. The van der Waals surface area contributed by atoms with Crippen LogP contribution in [0.25, 0.3) is 0 Å². The van der Waals surface area contributed by atoms with E-state index in [2.05, 4.69) is 15.7 Å². The molecule has 0 spiro atoms. The van der Waals surface area contributed by atoms with Gasteiger partial charge in [-0.1, -0.05) is 41.9 Å². The zero-order valence-electron chi connectivity index (χ0n) is 10.9. The van der Waals surface area contributed by atoms with Crippen LogP contribution < -0.4 is 16.6 Å². The molecule has 0 radical (unpaired) electrons. The molecule has 104 valence electrons. The zero-order chi connectivity index (χ0) is 14.5. The van der Waals surface area contributed by atoms with E-state index in [1.807, 2.05) is 37.3 Å². The molecule has 0 saturated heterocycles. The van der Waals surface area contributed by atoms with Gasteiger partial charge < -0.3 is 10.7 Å². The molecule has 6 heteroatoms. The SMILES string of the molecule is CC(NC(=O)c1cc(Cl)nc(NN)c1)c1ccccc1. The Morgan fingerprint density at radius 1 is 1.30 bits per heavy atom. The van der Waals surface area contributed by atoms with Crippen LogP contribution in [0.5, 0.6) is 0 Å². The minimum absolute atomic E-state index is 0.107. The largest absolute Gasteiger partial charge is 0.346 e. The van der Waals surface area contributed by atoms with Crippen molar-refractivity contribution < 1.29 is 4.79 Å². The second-order valence-corrected chi connectivity index (χ2v) is 4.70. The molecular formula is C14H15ClN4O. The summed E-state index contributed by atoms with van der Waals surface area (Å²) in [5, 5.41) is 3.10. The fourth-order valence-corrected chi connectivity index (χ4v) is 2.02. The van der Waals surface area contributed by atoms with Gasteiger partial charge in [0.1, 0.15) is 11.0 Å². The zero-order valence-corrected chi connectivity index (χ0v) is 11.7. The summed E-state index contributed by atoms with van der Waals surface area (Å²) in [5.41, 5.74) is 3.80. The fraction of sp³-hybridized carbons (Fsp3) is 0.143. The van der Waals surface area contributed by atoms with E-state index in [1.54, 1.807) is 6.07 Å². The summed E-state index contributed by atoms with van der Waals surface area (Å²) in [4.78, 5) is 16.1. The van der Waals surface area contributed by atoms with Gasteiger partial charge in [-0.05, 0) is 24.6 Å². The maximum atomic E-state index is 12.2. The molecule has 5 nitrogen and oxygen atoms in total. The highest BCUT2D eigenvalue weighted by atomic mass is 35.5. The molecule has 20 heavy (non-hydrogen) atoms. The maximum absolute atomic E-state index is 12.2. The monoisotopic (exact) mass is 290 g/mol.